The van der Waals surface area contributed by atoms with Gasteiger partial charge in [-0.2, -0.15) is 5.26 Å². The number of para-hydroxylation sites is 2. The third-order valence-corrected chi connectivity index (χ3v) is 7.91. The number of thioether (sulfide) groups is 1. The van der Waals surface area contributed by atoms with Crippen molar-refractivity contribution in [1.82, 2.24) is 14.3 Å². The van der Waals surface area contributed by atoms with Gasteiger partial charge in [-0.1, -0.05) is 30.0 Å². The van der Waals surface area contributed by atoms with Crippen molar-refractivity contribution < 1.29 is 14.3 Å². The highest BCUT2D eigenvalue weighted by Crippen LogP contribution is 2.38. The van der Waals surface area contributed by atoms with Crippen LogP contribution < -0.4 is 9.47 Å². The molecule has 182 valence electrons. The van der Waals surface area contributed by atoms with Crippen LogP contribution in [0.5, 0.6) is 11.5 Å². The number of likely N-dealkylation sites (tertiary alicyclic amines) is 1. The molecule has 4 heterocycles. The normalized spacial score (nSPS) is 17.3. The Bertz CT molecular complexity index is 1520. The van der Waals surface area contributed by atoms with Gasteiger partial charge in [-0.3, -0.25) is 9.20 Å². The van der Waals surface area contributed by atoms with Crippen molar-refractivity contribution in [3.63, 3.8) is 0 Å². The number of fused-ring (bicyclic) bond motifs is 4. The molecule has 0 bridgehead atoms. The average molecular weight is 499 g/mol. The van der Waals surface area contributed by atoms with Gasteiger partial charge in [0.05, 0.1) is 46.6 Å². The lowest BCUT2D eigenvalue weighted by atomic mass is 10.0. The molecule has 0 spiro atoms. The van der Waals surface area contributed by atoms with Gasteiger partial charge in [0.1, 0.15) is 6.07 Å². The number of carbonyl (C=O) groups excluding carboxylic acids is 1. The Morgan fingerprint density at radius 1 is 1.14 bits per heavy atom. The van der Waals surface area contributed by atoms with Crippen LogP contribution in [0.25, 0.3) is 16.7 Å². The SMILES string of the molecule is Cc1cc(SCC(=O)N2CCC[C@@H]2c2ccc3c(c2)OCCCO3)n2c(nc3ccccc32)c1C#N. The maximum atomic E-state index is 13.5. The second-order valence-electron chi connectivity index (χ2n) is 9.20. The van der Waals surface area contributed by atoms with Gasteiger partial charge in [-0.25, -0.2) is 4.98 Å². The number of hydrogen-bond donors (Lipinski definition) is 0. The molecule has 0 saturated carbocycles. The number of aromatic nitrogens is 2. The molecular formula is C28H26N4O3S. The Kier molecular flexibility index (Phi) is 5.94. The number of nitriles is 1. The van der Waals surface area contributed by atoms with Crippen LogP contribution in [0.2, 0.25) is 0 Å². The molecule has 0 radical (unpaired) electrons. The molecule has 2 aliphatic rings. The minimum absolute atomic E-state index is 0.0343. The standard InChI is InChI=1S/C28H26N4O3S/c1-18-14-27(32-23-7-3-2-6-21(23)30-28(32)20(18)16-29)36-17-26(33)31-11-4-8-22(31)19-9-10-24-25(15-19)35-13-5-12-34-24/h2-3,6-7,9-10,14-15,22H,4-5,8,11-13,17H2,1H3/t22-/m1/s1. The van der Waals surface area contributed by atoms with Crippen molar-refractivity contribution >= 4 is 34.3 Å². The Labute approximate surface area is 213 Å². The number of hydrogen-bond acceptors (Lipinski definition) is 6. The highest BCUT2D eigenvalue weighted by molar-refractivity contribution is 7.99. The van der Waals surface area contributed by atoms with E-state index in [0.717, 1.165) is 64.5 Å². The van der Waals surface area contributed by atoms with Crippen LogP contribution in [-0.4, -0.2) is 45.7 Å². The van der Waals surface area contributed by atoms with Crippen molar-refractivity contribution in [3.8, 4) is 17.6 Å². The second-order valence-corrected chi connectivity index (χ2v) is 10.2. The number of nitrogens with zero attached hydrogens (tertiary/aromatic N) is 4. The molecule has 0 N–H and O–H groups in total. The lowest BCUT2D eigenvalue weighted by molar-refractivity contribution is -0.129. The van der Waals surface area contributed by atoms with E-state index in [1.165, 1.54) is 11.8 Å². The van der Waals surface area contributed by atoms with E-state index in [9.17, 15) is 10.1 Å². The molecule has 1 amide bonds. The summed E-state index contributed by atoms with van der Waals surface area (Å²) in [5.74, 6) is 1.96. The van der Waals surface area contributed by atoms with Gasteiger partial charge in [0.25, 0.3) is 0 Å². The highest BCUT2D eigenvalue weighted by Gasteiger charge is 2.31. The summed E-state index contributed by atoms with van der Waals surface area (Å²) in [6.45, 7) is 3.96. The summed E-state index contributed by atoms with van der Waals surface area (Å²) < 4.78 is 13.7. The van der Waals surface area contributed by atoms with E-state index < -0.39 is 0 Å². The predicted octanol–water partition coefficient (Wildman–Crippen LogP) is 5.28. The van der Waals surface area contributed by atoms with E-state index in [2.05, 4.69) is 12.1 Å². The molecule has 2 aromatic heterocycles. The fourth-order valence-electron chi connectivity index (χ4n) is 5.18. The highest BCUT2D eigenvalue weighted by atomic mass is 32.2. The topological polar surface area (TPSA) is 79.9 Å². The first-order chi connectivity index (χ1) is 17.6. The predicted molar refractivity (Wildman–Crippen MR) is 139 cm³/mol. The first-order valence-corrected chi connectivity index (χ1v) is 13.3. The lowest BCUT2D eigenvalue weighted by Gasteiger charge is -2.26. The molecule has 2 aromatic carbocycles. The number of imidazole rings is 1. The molecule has 7 nitrogen and oxygen atoms in total. The molecule has 1 saturated heterocycles. The van der Waals surface area contributed by atoms with Gasteiger partial charge >= 0.3 is 0 Å². The number of carbonyl (C=O) groups is 1. The summed E-state index contributed by atoms with van der Waals surface area (Å²) in [5.41, 5.74) is 4.93. The summed E-state index contributed by atoms with van der Waals surface area (Å²) in [7, 11) is 0. The smallest absolute Gasteiger partial charge is 0.233 e. The summed E-state index contributed by atoms with van der Waals surface area (Å²) in [6, 6.07) is 18.2. The van der Waals surface area contributed by atoms with E-state index in [4.69, 9.17) is 14.5 Å². The van der Waals surface area contributed by atoms with Crippen molar-refractivity contribution in [2.45, 2.75) is 37.3 Å². The summed E-state index contributed by atoms with van der Waals surface area (Å²) in [5, 5.41) is 10.6. The molecule has 36 heavy (non-hydrogen) atoms. The molecule has 6 rings (SSSR count). The van der Waals surface area contributed by atoms with Crippen molar-refractivity contribution in [2.24, 2.45) is 0 Å². The Hall–Kier alpha value is -3.70. The largest absolute Gasteiger partial charge is 0.490 e. The lowest BCUT2D eigenvalue weighted by Crippen LogP contribution is -2.32. The summed E-state index contributed by atoms with van der Waals surface area (Å²) >= 11 is 1.50. The third-order valence-electron chi connectivity index (χ3n) is 6.92. The summed E-state index contributed by atoms with van der Waals surface area (Å²) in [4.78, 5) is 20.2. The Balaban J connectivity index is 1.27. The first-order valence-electron chi connectivity index (χ1n) is 12.3. The molecule has 0 unspecified atom stereocenters. The van der Waals surface area contributed by atoms with Crippen molar-refractivity contribution in [2.75, 3.05) is 25.5 Å². The fourth-order valence-corrected chi connectivity index (χ4v) is 6.19. The number of rotatable bonds is 4. The van der Waals surface area contributed by atoms with Crippen LogP contribution >= 0.6 is 11.8 Å². The number of amides is 1. The zero-order valence-corrected chi connectivity index (χ0v) is 20.9. The molecule has 4 aromatic rings. The van der Waals surface area contributed by atoms with E-state index in [-0.39, 0.29) is 11.9 Å². The van der Waals surface area contributed by atoms with Crippen LogP contribution in [0.1, 0.15) is 42.0 Å². The van der Waals surface area contributed by atoms with E-state index in [1.54, 1.807) is 0 Å². The monoisotopic (exact) mass is 498 g/mol. The minimum Gasteiger partial charge on any atom is -0.490 e. The van der Waals surface area contributed by atoms with E-state index in [0.29, 0.717) is 30.2 Å². The van der Waals surface area contributed by atoms with Gasteiger partial charge in [0, 0.05) is 13.0 Å². The molecule has 8 heteroatoms. The first kappa shape index (κ1) is 22.7. The minimum atomic E-state index is 0.0343. The Morgan fingerprint density at radius 2 is 1.97 bits per heavy atom. The number of aryl methyl sites for hydroxylation is 1. The molecule has 1 fully saturated rings. The Morgan fingerprint density at radius 3 is 2.83 bits per heavy atom. The molecule has 0 aliphatic carbocycles. The molecule has 1 atom stereocenters. The van der Waals surface area contributed by atoms with Crippen LogP contribution in [0.4, 0.5) is 0 Å². The molecular weight excluding hydrogens is 472 g/mol. The van der Waals surface area contributed by atoms with Crippen LogP contribution in [0.3, 0.4) is 0 Å². The third kappa shape index (κ3) is 3.94. The van der Waals surface area contributed by atoms with Crippen LogP contribution in [0.15, 0.2) is 53.6 Å². The van der Waals surface area contributed by atoms with Gasteiger partial charge in [0.2, 0.25) is 5.91 Å². The maximum Gasteiger partial charge on any atom is 0.233 e. The summed E-state index contributed by atoms with van der Waals surface area (Å²) in [6.07, 6.45) is 2.77. The van der Waals surface area contributed by atoms with Crippen LogP contribution in [-0.2, 0) is 4.79 Å². The molecule has 2 aliphatic heterocycles. The van der Waals surface area contributed by atoms with Crippen molar-refractivity contribution in [1.29, 1.82) is 5.26 Å². The maximum absolute atomic E-state index is 13.5. The van der Waals surface area contributed by atoms with E-state index >= 15 is 0 Å². The van der Waals surface area contributed by atoms with Gasteiger partial charge < -0.3 is 14.4 Å². The van der Waals surface area contributed by atoms with Crippen molar-refractivity contribution in [3.05, 3.63) is 65.2 Å². The fraction of sp³-hybridized carbons (Fsp3) is 0.321. The van der Waals surface area contributed by atoms with Gasteiger partial charge in [-0.15, -0.1) is 0 Å². The second kappa shape index (κ2) is 9.40. The number of pyridine rings is 1. The van der Waals surface area contributed by atoms with E-state index in [1.807, 2.05) is 58.7 Å². The quantitative estimate of drug-likeness (QED) is 0.356. The number of ether oxygens (including phenoxy) is 2. The van der Waals surface area contributed by atoms with Crippen LogP contribution in [0, 0.1) is 18.3 Å². The average Bonchev–Trinajstić information content (AvgIpc) is 3.46. The zero-order valence-electron chi connectivity index (χ0n) is 20.1. The van der Waals surface area contributed by atoms with Gasteiger partial charge in [-0.05, 0) is 61.2 Å². The van der Waals surface area contributed by atoms with Gasteiger partial charge in [0.15, 0.2) is 17.1 Å². The zero-order chi connectivity index (χ0) is 24.6. The number of benzene rings is 2.